The largest absolute Gasteiger partial charge is 0.490 e. The molecule has 0 saturated heterocycles. The molecule has 0 fully saturated rings. The van der Waals surface area contributed by atoms with Gasteiger partial charge in [0.15, 0.2) is 0 Å². The van der Waals surface area contributed by atoms with Gasteiger partial charge in [-0.25, -0.2) is 4.79 Å². The highest BCUT2D eigenvalue weighted by Gasteiger charge is 2.18. The summed E-state index contributed by atoms with van der Waals surface area (Å²) in [5.74, 6) is 0.682. The summed E-state index contributed by atoms with van der Waals surface area (Å²) in [7, 11) is 0. The van der Waals surface area contributed by atoms with Crippen LogP contribution in [-0.4, -0.2) is 18.7 Å². The number of carbonyl (C=O) groups is 1. The average molecular weight is 264 g/mol. The molecule has 3 heteroatoms. The van der Waals surface area contributed by atoms with E-state index in [4.69, 9.17) is 9.47 Å². The number of benzene rings is 1. The molecule has 1 rings (SSSR count). The first kappa shape index (κ1) is 15.5. The molecule has 0 bridgehead atoms. The molecule has 0 aliphatic heterocycles. The van der Waals surface area contributed by atoms with E-state index in [1.54, 1.807) is 6.07 Å². The second-order valence-electron chi connectivity index (χ2n) is 5.31. The number of rotatable bonds is 6. The van der Waals surface area contributed by atoms with Crippen molar-refractivity contribution < 1.29 is 14.3 Å². The minimum atomic E-state index is -0.306. The Bertz CT molecular complexity index is 422. The van der Waals surface area contributed by atoms with Gasteiger partial charge in [0.05, 0.1) is 12.7 Å². The lowest BCUT2D eigenvalue weighted by atomic mass is 10.1. The number of hydrogen-bond acceptors (Lipinski definition) is 3. The third kappa shape index (κ3) is 4.58. The third-order valence-electron chi connectivity index (χ3n) is 2.60. The molecule has 0 aliphatic rings. The SMILES string of the molecule is CCc1cccc(C(=O)OCC(C)C)c1OC(C)C. The summed E-state index contributed by atoms with van der Waals surface area (Å²) in [5, 5.41) is 0. The van der Waals surface area contributed by atoms with Crippen LogP contribution in [0.4, 0.5) is 0 Å². The van der Waals surface area contributed by atoms with Crippen LogP contribution < -0.4 is 4.74 Å². The Kier molecular flexibility index (Phi) is 5.87. The lowest BCUT2D eigenvalue weighted by molar-refractivity contribution is 0.0452. The Morgan fingerprint density at radius 1 is 1.21 bits per heavy atom. The molecule has 0 unspecified atom stereocenters. The van der Waals surface area contributed by atoms with Crippen LogP contribution in [0.2, 0.25) is 0 Å². The Hall–Kier alpha value is -1.51. The molecule has 19 heavy (non-hydrogen) atoms. The molecule has 106 valence electrons. The predicted molar refractivity (Wildman–Crippen MR) is 76.7 cm³/mol. The summed E-state index contributed by atoms with van der Waals surface area (Å²) in [6.07, 6.45) is 0.859. The molecule has 0 aliphatic carbocycles. The van der Waals surface area contributed by atoms with Crippen molar-refractivity contribution in [1.82, 2.24) is 0 Å². The van der Waals surface area contributed by atoms with Crippen molar-refractivity contribution in [3.63, 3.8) is 0 Å². The Labute approximate surface area is 115 Å². The van der Waals surface area contributed by atoms with Gasteiger partial charge in [-0.15, -0.1) is 0 Å². The van der Waals surface area contributed by atoms with Gasteiger partial charge in [0.2, 0.25) is 0 Å². The van der Waals surface area contributed by atoms with Crippen LogP contribution in [0, 0.1) is 5.92 Å². The Balaban J connectivity index is 3.01. The van der Waals surface area contributed by atoms with Crippen LogP contribution in [0.5, 0.6) is 5.75 Å². The van der Waals surface area contributed by atoms with Crippen LogP contribution in [0.1, 0.15) is 50.5 Å². The fraction of sp³-hybridized carbons (Fsp3) is 0.562. The zero-order valence-corrected chi connectivity index (χ0v) is 12.5. The second-order valence-corrected chi connectivity index (χ2v) is 5.31. The maximum Gasteiger partial charge on any atom is 0.341 e. The van der Waals surface area contributed by atoms with Gasteiger partial charge in [0.1, 0.15) is 11.3 Å². The van der Waals surface area contributed by atoms with Gasteiger partial charge in [0.25, 0.3) is 0 Å². The molecule has 0 N–H and O–H groups in total. The number of esters is 1. The molecule has 0 heterocycles. The van der Waals surface area contributed by atoms with Crippen LogP contribution in [0.3, 0.4) is 0 Å². The highest BCUT2D eigenvalue weighted by Crippen LogP contribution is 2.26. The minimum absolute atomic E-state index is 0.0318. The summed E-state index contributed by atoms with van der Waals surface area (Å²) in [6.45, 7) is 10.4. The first-order chi connectivity index (χ1) is 8.95. The Morgan fingerprint density at radius 2 is 1.89 bits per heavy atom. The molecular weight excluding hydrogens is 240 g/mol. The molecule has 1 aromatic carbocycles. The summed E-state index contributed by atoms with van der Waals surface area (Å²) in [6, 6.07) is 5.62. The van der Waals surface area contributed by atoms with Crippen LogP contribution >= 0.6 is 0 Å². The van der Waals surface area contributed by atoms with Gasteiger partial charge in [-0.05, 0) is 37.8 Å². The molecule has 3 nitrogen and oxygen atoms in total. The van der Waals surface area contributed by atoms with Gasteiger partial charge in [0, 0.05) is 0 Å². The van der Waals surface area contributed by atoms with E-state index in [0.29, 0.717) is 23.8 Å². The van der Waals surface area contributed by atoms with Crippen LogP contribution in [0.25, 0.3) is 0 Å². The molecule has 0 amide bonds. The maximum atomic E-state index is 12.1. The average Bonchev–Trinajstić information content (AvgIpc) is 2.35. The Morgan fingerprint density at radius 3 is 2.42 bits per heavy atom. The van der Waals surface area contributed by atoms with Crippen molar-refractivity contribution in [3.05, 3.63) is 29.3 Å². The van der Waals surface area contributed by atoms with Crippen LogP contribution in [-0.2, 0) is 11.2 Å². The zero-order chi connectivity index (χ0) is 14.4. The minimum Gasteiger partial charge on any atom is -0.490 e. The number of hydrogen-bond donors (Lipinski definition) is 0. The van der Waals surface area contributed by atoms with Crippen molar-refractivity contribution in [2.75, 3.05) is 6.61 Å². The molecule has 0 saturated carbocycles. The van der Waals surface area contributed by atoms with E-state index in [1.807, 2.05) is 46.8 Å². The first-order valence-corrected chi connectivity index (χ1v) is 6.91. The lowest BCUT2D eigenvalue weighted by Crippen LogP contribution is -2.15. The topological polar surface area (TPSA) is 35.5 Å². The number of carbonyl (C=O) groups excluding carboxylic acids is 1. The quantitative estimate of drug-likeness (QED) is 0.732. The molecular formula is C16H24O3. The highest BCUT2D eigenvalue weighted by molar-refractivity contribution is 5.93. The number of para-hydroxylation sites is 1. The third-order valence-corrected chi connectivity index (χ3v) is 2.60. The van der Waals surface area contributed by atoms with E-state index < -0.39 is 0 Å². The van der Waals surface area contributed by atoms with Crippen molar-refractivity contribution >= 4 is 5.97 Å². The van der Waals surface area contributed by atoms with Gasteiger partial charge in [-0.3, -0.25) is 0 Å². The van der Waals surface area contributed by atoms with Crippen molar-refractivity contribution in [3.8, 4) is 5.75 Å². The fourth-order valence-corrected chi connectivity index (χ4v) is 1.72. The molecule has 0 radical (unpaired) electrons. The molecule has 0 aromatic heterocycles. The smallest absolute Gasteiger partial charge is 0.341 e. The fourth-order valence-electron chi connectivity index (χ4n) is 1.72. The summed E-state index contributed by atoms with van der Waals surface area (Å²) in [5.41, 5.74) is 1.56. The van der Waals surface area contributed by atoms with E-state index in [2.05, 4.69) is 0 Å². The van der Waals surface area contributed by atoms with Crippen molar-refractivity contribution in [2.45, 2.75) is 47.1 Å². The standard InChI is InChI=1S/C16H24O3/c1-6-13-8-7-9-14(15(13)19-12(4)5)16(17)18-10-11(2)3/h7-9,11-12H,6,10H2,1-5H3. The molecule has 1 aromatic rings. The van der Waals surface area contributed by atoms with E-state index >= 15 is 0 Å². The monoisotopic (exact) mass is 264 g/mol. The summed E-state index contributed by atoms with van der Waals surface area (Å²) in [4.78, 5) is 12.1. The van der Waals surface area contributed by atoms with Gasteiger partial charge in [-0.1, -0.05) is 32.9 Å². The summed E-state index contributed by atoms with van der Waals surface area (Å²) < 4.78 is 11.1. The number of aryl methyl sites for hydroxylation is 1. The van der Waals surface area contributed by atoms with Crippen molar-refractivity contribution in [1.29, 1.82) is 0 Å². The van der Waals surface area contributed by atoms with Crippen LogP contribution in [0.15, 0.2) is 18.2 Å². The van der Waals surface area contributed by atoms with Crippen molar-refractivity contribution in [2.24, 2.45) is 5.92 Å². The first-order valence-electron chi connectivity index (χ1n) is 6.91. The number of ether oxygens (including phenoxy) is 2. The normalized spacial score (nSPS) is 10.9. The molecule has 0 spiro atoms. The maximum absolute atomic E-state index is 12.1. The highest BCUT2D eigenvalue weighted by atomic mass is 16.5. The lowest BCUT2D eigenvalue weighted by Gasteiger charge is -2.17. The van der Waals surface area contributed by atoms with E-state index in [0.717, 1.165) is 12.0 Å². The van der Waals surface area contributed by atoms with E-state index in [1.165, 1.54) is 0 Å². The van der Waals surface area contributed by atoms with Gasteiger partial charge < -0.3 is 9.47 Å². The van der Waals surface area contributed by atoms with Gasteiger partial charge in [-0.2, -0.15) is 0 Å². The second kappa shape index (κ2) is 7.17. The van der Waals surface area contributed by atoms with Gasteiger partial charge >= 0.3 is 5.97 Å². The zero-order valence-electron chi connectivity index (χ0n) is 12.5. The van der Waals surface area contributed by atoms with E-state index in [-0.39, 0.29) is 12.1 Å². The summed E-state index contributed by atoms with van der Waals surface area (Å²) >= 11 is 0. The van der Waals surface area contributed by atoms with E-state index in [9.17, 15) is 4.79 Å². The predicted octanol–water partition coefficient (Wildman–Crippen LogP) is 3.85. The molecule has 0 atom stereocenters.